The first-order valence-corrected chi connectivity index (χ1v) is 7.52. The van der Waals surface area contributed by atoms with E-state index in [-0.39, 0.29) is 16.3 Å². The smallest absolute Gasteiger partial charge is 0.160 e. The molecular weight excluding hydrogens is 326 g/mol. The Morgan fingerprint density at radius 2 is 1.88 bits per heavy atom. The van der Waals surface area contributed by atoms with Gasteiger partial charge in [0.1, 0.15) is 9.84 Å². The van der Waals surface area contributed by atoms with Crippen molar-refractivity contribution in [3.05, 3.63) is 34.4 Å². The van der Waals surface area contributed by atoms with Crippen molar-refractivity contribution in [1.29, 1.82) is 0 Å². The molecule has 90 valence electrons. The Kier molecular flexibility index (Phi) is 4.31. The predicted octanol–water partition coefficient (Wildman–Crippen LogP) is 3.10. The van der Waals surface area contributed by atoms with Crippen molar-refractivity contribution in [2.45, 2.75) is 4.83 Å². The maximum absolute atomic E-state index is 12.9. The van der Waals surface area contributed by atoms with E-state index in [9.17, 15) is 17.2 Å². The van der Waals surface area contributed by atoms with Crippen LogP contribution in [0.4, 0.5) is 8.78 Å². The summed E-state index contributed by atoms with van der Waals surface area (Å²) in [4.78, 5) is -0.662. The van der Waals surface area contributed by atoms with Crippen LogP contribution in [-0.2, 0) is 9.84 Å². The summed E-state index contributed by atoms with van der Waals surface area (Å²) in [6.45, 7) is 0. The van der Waals surface area contributed by atoms with Crippen molar-refractivity contribution in [3.63, 3.8) is 0 Å². The highest BCUT2D eigenvalue weighted by Crippen LogP contribution is 2.32. The lowest BCUT2D eigenvalue weighted by molar-refractivity contribution is 0.507. The molecule has 0 heterocycles. The molecule has 1 unspecified atom stereocenters. The van der Waals surface area contributed by atoms with Gasteiger partial charge in [-0.15, -0.1) is 0 Å². The van der Waals surface area contributed by atoms with Gasteiger partial charge < -0.3 is 0 Å². The molecule has 0 saturated heterocycles. The van der Waals surface area contributed by atoms with Gasteiger partial charge in [-0.3, -0.25) is 0 Å². The highest BCUT2D eigenvalue weighted by molar-refractivity contribution is 9.09. The van der Waals surface area contributed by atoms with Crippen molar-refractivity contribution >= 4 is 37.4 Å². The summed E-state index contributed by atoms with van der Waals surface area (Å²) >= 11 is 8.77. The zero-order valence-corrected chi connectivity index (χ0v) is 11.3. The predicted molar refractivity (Wildman–Crippen MR) is 62.7 cm³/mol. The molecule has 1 aromatic rings. The molecule has 0 aromatic heterocycles. The molecule has 0 saturated carbocycles. The van der Waals surface area contributed by atoms with Gasteiger partial charge in [-0.1, -0.05) is 27.5 Å². The molecule has 7 heteroatoms. The Morgan fingerprint density at radius 3 is 2.38 bits per heavy atom. The zero-order chi connectivity index (χ0) is 12.5. The second kappa shape index (κ2) is 4.98. The van der Waals surface area contributed by atoms with Crippen LogP contribution < -0.4 is 0 Å². The van der Waals surface area contributed by atoms with Gasteiger partial charge in [-0.25, -0.2) is 17.2 Å². The van der Waals surface area contributed by atoms with E-state index < -0.39 is 26.3 Å². The van der Waals surface area contributed by atoms with E-state index in [2.05, 4.69) is 15.9 Å². The third kappa shape index (κ3) is 3.68. The van der Waals surface area contributed by atoms with E-state index in [0.717, 1.165) is 18.4 Å². The van der Waals surface area contributed by atoms with Gasteiger partial charge in [-0.05, 0) is 17.7 Å². The SMILES string of the molecule is CS(=O)(=O)CC(Br)c1cc(F)c(F)cc1Cl. The maximum atomic E-state index is 12.9. The summed E-state index contributed by atoms with van der Waals surface area (Å²) in [5, 5.41) is -0.00979. The Balaban J connectivity index is 3.09. The number of benzene rings is 1. The molecule has 1 aromatic carbocycles. The minimum atomic E-state index is -3.23. The fraction of sp³-hybridized carbons (Fsp3) is 0.333. The average Bonchev–Trinajstić information content (AvgIpc) is 2.08. The lowest BCUT2D eigenvalue weighted by Gasteiger charge is -2.11. The van der Waals surface area contributed by atoms with Crippen LogP contribution in [0.25, 0.3) is 0 Å². The molecule has 0 fully saturated rings. The summed E-state index contributed by atoms with van der Waals surface area (Å²) in [6.07, 6.45) is 1.05. The van der Waals surface area contributed by atoms with E-state index in [0.29, 0.717) is 0 Å². The number of rotatable bonds is 3. The summed E-state index contributed by atoms with van der Waals surface area (Å²) in [5.74, 6) is -2.36. The second-order valence-corrected chi connectivity index (χ2v) is 7.05. The first kappa shape index (κ1) is 13.9. The van der Waals surface area contributed by atoms with E-state index in [4.69, 9.17) is 11.6 Å². The van der Waals surface area contributed by atoms with Crippen LogP contribution in [0, 0.1) is 11.6 Å². The molecule has 1 atom stereocenters. The van der Waals surface area contributed by atoms with Crippen molar-refractivity contribution in [2.75, 3.05) is 12.0 Å². The molecule has 0 aliphatic carbocycles. The summed E-state index contributed by atoms with van der Waals surface area (Å²) < 4.78 is 47.8. The second-order valence-electron chi connectivity index (χ2n) is 3.35. The van der Waals surface area contributed by atoms with Crippen molar-refractivity contribution in [3.8, 4) is 0 Å². The van der Waals surface area contributed by atoms with Crippen LogP contribution in [0.2, 0.25) is 5.02 Å². The van der Waals surface area contributed by atoms with Crippen molar-refractivity contribution < 1.29 is 17.2 Å². The number of sulfone groups is 1. The largest absolute Gasteiger partial charge is 0.229 e. The first-order chi connectivity index (χ1) is 7.20. The molecule has 0 spiro atoms. The van der Waals surface area contributed by atoms with Crippen LogP contribution in [0.15, 0.2) is 12.1 Å². The standard InChI is InChI=1S/C9H8BrClF2O2S/c1-16(14,15)4-6(10)5-2-8(12)9(13)3-7(5)11/h2-3,6H,4H2,1H3. The Hall–Kier alpha value is -0.200. The van der Waals surface area contributed by atoms with Crippen LogP contribution >= 0.6 is 27.5 Å². The van der Waals surface area contributed by atoms with Crippen molar-refractivity contribution in [1.82, 2.24) is 0 Å². The lowest BCUT2D eigenvalue weighted by atomic mass is 10.1. The Morgan fingerprint density at radius 1 is 1.38 bits per heavy atom. The fourth-order valence-corrected chi connectivity index (χ4v) is 4.08. The van der Waals surface area contributed by atoms with Crippen LogP contribution in [0.5, 0.6) is 0 Å². The Bertz CT molecular complexity index is 504. The van der Waals surface area contributed by atoms with E-state index >= 15 is 0 Å². The Labute approximate surface area is 106 Å². The highest BCUT2D eigenvalue weighted by Gasteiger charge is 2.19. The fourth-order valence-electron chi connectivity index (χ4n) is 1.13. The third-order valence-corrected chi connectivity index (χ3v) is 4.34. The topological polar surface area (TPSA) is 34.1 Å². The molecule has 0 amide bonds. The van der Waals surface area contributed by atoms with Gasteiger partial charge in [0.25, 0.3) is 0 Å². The van der Waals surface area contributed by atoms with Crippen LogP contribution in [-0.4, -0.2) is 20.4 Å². The van der Waals surface area contributed by atoms with E-state index in [1.54, 1.807) is 0 Å². The highest BCUT2D eigenvalue weighted by atomic mass is 79.9. The number of alkyl halides is 1. The van der Waals surface area contributed by atoms with Gasteiger partial charge in [-0.2, -0.15) is 0 Å². The molecule has 0 bridgehead atoms. The molecule has 0 radical (unpaired) electrons. The molecule has 0 aliphatic heterocycles. The van der Waals surface area contributed by atoms with Gasteiger partial charge in [0.2, 0.25) is 0 Å². The van der Waals surface area contributed by atoms with Gasteiger partial charge in [0.05, 0.1) is 10.6 Å². The number of hydrogen-bond acceptors (Lipinski definition) is 2. The van der Waals surface area contributed by atoms with Crippen LogP contribution in [0.3, 0.4) is 0 Å². The summed E-state index contributed by atoms with van der Waals surface area (Å²) in [7, 11) is -3.23. The van der Waals surface area contributed by atoms with Gasteiger partial charge in [0.15, 0.2) is 11.6 Å². The normalized spacial score (nSPS) is 13.8. The molecule has 2 nitrogen and oxygen atoms in total. The van der Waals surface area contributed by atoms with E-state index in [1.165, 1.54) is 0 Å². The van der Waals surface area contributed by atoms with Gasteiger partial charge in [0, 0.05) is 11.3 Å². The van der Waals surface area contributed by atoms with E-state index in [1.807, 2.05) is 0 Å². The lowest BCUT2D eigenvalue weighted by Crippen LogP contribution is -2.09. The molecule has 1 rings (SSSR count). The molecular formula is C9H8BrClF2O2S. The molecule has 0 N–H and O–H groups in total. The maximum Gasteiger partial charge on any atom is 0.160 e. The van der Waals surface area contributed by atoms with Crippen molar-refractivity contribution in [2.24, 2.45) is 0 Å². The minimum absolute atomic E-state index is 0.00979. The summed E-state index contributed by atoms with van der Waals surface area (Å²) in [6, 6.07) is 1.71. The summed E-state index contributed by atoms with van der Waals surface area (Å²) in [5.41, 5.74) is 0.214. The molecule has 16 heavy (non-hydrogen) atoms. The number of hydrogen-bond donors (Lipinski definition) is 0. The van der Waals surface area contributed by atoms with Gasteiger partial charge >= 0.3 is 0 Å². The quantitative estimate of drug-likeness (QED) is 0.629. The molecule has 0 aliphatic rings. The number of halogens is 4. The monoisotopic (exact) mass is 332 g/mol. The third-order valence-electron chi connectivity index (χ3n) is 1.83. The average molecular weight is 334 g/mol. The van der Waals surface area contributed by atoms with Crippen LogP contribution in [0.1, 0.15) is 10.4 Å². The minimum Gasteiger partial charge on any atom is -0.229 e. The first-order valence-electron chi connectivity index (χ1n) is 4.17. The zero-order valence-electron chi connectivity index (χ0n) is 8.18.